The Balaban J connectivity index is 0.00000361. The quantitative estimate of drug-likeness (QED) is 0.749. The van der Waals surface area contributed by atoms with Gasteiger partial charge in [-0.25, -0.2) is 0 Å². The predicted molar refractivity (Wildman–Crippen MR) is 84.7 cm³/mol. The molecule has 0 radical (unpaired) electrons. The number of carbonyl (C=O) groups is 1. The monoisotopic (exact) mass is 300 g/mol. The molecule has 0 saturated carbocycles. The molecular weight excluding hydrogens is 276 g/mol. The molecule has 0 saturated heterocycles. The molecular formula is C15H25ClN2O2. The maximum atomic E-state index is 11.7. The zero-order valence-electron chi connectivity index (χ0n) is 12.5. The highest BCUT2D eigenvalue weighted by Gasteiger charge is 2.07. The number of aryl methyl sites for hydroxylation is 1. The Morgan fingerprint density at radius 2 is 1.95 bits per heavy atom. The number of ether oxygens (including phenoxy) is 1. The molecule has 1 N–H and O–H groups in total. The first kappa shape index (κ1) is 18.7. The first-order valence-electron chi connectivity index (χ1n) is 6.71. The van der Waals surface area contributed by atoms with E-state index in [1.54, 1.807) is 4.90 Å². The number of hydrogen-bond donors (Lipinski definition) is 1. The number of hydrogen-bond acceptors (Lipinski definition) is 3. The smallest absolute Gasteiger partial charge is 0.222 e. The highest BCUT2D eigenvalue weighted by atomic mass is 35.5. The third-order valence-electron chi connectivity index (χ3n) is 2.96. The van der Waals surface area contributed by atoms with Crippen molar-refractivity contribution >= 4 is 18.3 Å². The fraction of sp³-hybridized carbons (Fsp3) is 0.533. The molecule has 0 heterocycles. The molecule has 0 atom stereocenters. The normalized spacial score (nSPS) is 9.75. The molecule has 0 aliphatic rings. The van der Waals surface area contributed by atoms with Gasteiger partial charge < -0.3 is 15.0 Å². The first-order valence-corrected chi connectivity index (χ1v) is 6.71. The number of rotatable bonds is 8. The number of likely N-dealkylation sites (N-methyl/N-ethyl adjacent to an activating group) is 1. The summed E-state index contributed by atoms with van der Waals surface area (Å²) in [5, 5.41) is 3.04. The van der Waals surface area contributed by atoms with Gasteiger partial charge >= 0.3 is 0 Å². The summed E-state index contributed by atoms with van der Waals surface area (Å²) in [4.78, 5) is 13.5. The third kappa shape index (κ3) is 7.36. The molecule has 0 spiro atoms. The van der Waals surface area contributed by atoms with Gasteiger partial charge in [-0.05, 0) is 39.1 Å². The lowest BCUT2D eigenvalue weighted by molar-refractivity contribution is -0.130. The van der Waals surface area contributed by atoms with Crippen molar-refractivity contribution in [3.8, 4) is 5.75 Å². The van der Waals surface area contributed by atoms with E-state index in [9.17, 15) is 4.79 Å². The van der Waals surface area contributed by atoms with Crippen molar-refractivity contribution in [2.75, 3.05) is 33.8 Å². The van der Waals surface area contributed by atoms with E-state index in [1.807, 2.05) is 45.3 Å². The predicted octanol–water partition coefficient (Wildman–Crippen LogP) is 2.25. The fourth-order valence-electron chi connectivity index (χ4n) is 1.67. The number of benzene rings is 1. The third-order valence-corrected chi connectivity index (χ3v) is 2.96. The van der Waals surface area contributed by atoms with Gasteiger partial charge in [0.1, 0.15) is 12.4 Å². The van der Waals surface area contributed by atoms with Crippen LogP contribution in [0.1, 0.15) is 18.4 Å². The van der Waals surface area contributed by atoms with Crippen LogP contribution in [0.5, 0.6) is 5.75 Å². The van der Waals surface area contributed by atoms with E-state index in [4.69, 9.17) is 4.74 Å². The van der Waals surface area contributed by atoms with Crippen molar-refractivity contribution in [1.82, 2.24) is 10.2 Å². The summed E-state index contributed by atoms with van der Waals surface area (Å²) in [7, 11) is 3.71. The van der Waals surface area contributed by atoms with Crippen LogP contribution in [0.25, 0.3) is 0 Å². The first-order chi connectivity index (χ1) is 9.13. The molecule has 0 aromatic heterocycles. The Labute approximate surface area is 127 Å². The molecule has 0 aliphatic heterocycles. The van der Waals surface area contributed by atoms with Gasteiger partial charge in [-0.2, -0.15) is 0 Å². The van der Waals surface area contributed by atoms with Gasteiger partial charge in [-0.1, -0.05) is 17.7 Å². The number of nitrogens with one attached hydrogen (secondary N) is 1. The second-order valence-corrected chi connectivity index (χ2v) is 4.68. The van der Waals surface area contributed by atoms with Gasteiger partial charge in [-0.3, -0.25) is 4.79 Å². The van der Waals surface area contributed by atoms with Gasteiger partial charge in [0.05, 0.1) is 6.54 Å². The summed E-state index contributed by atoms with van der Waals surface area (Å²) in [6.07, 6.45) is 1.46. The topological polar surface area (TPSA) is 41.6 Å². The molecule has 1 amide bonds. The molecule has 1 aromatic rings. The Morgan fingerprint density at radius 3 is 2.55 bits per heavy atom. The molecule has 1 rings (SSSR count). The van der Waals surface area contributed by atoms with Crippen molar-refractivity contribution in [3.63, 3.8) is 0 Å². The van der Waals surface area contributed by atoms with Gasteiger partial charge in [0.2, 0.25) is 5.91 Å². The van der Waals surface area contributed by atoms with E-state index in [-0.39, 0.29) is 18.3 Å². The zero-order chi connectivity index (χ0) is 14.1. The van der Waals surface area contributed by atoms with E-state index in [0.717, 1.165) is 18.7 Å². The number of amides is 1. The second kappa shape index (κ2) is 10.5. The van der Waals surface area contributed by atoms with Gasteiger partial charge in [0, 0.05) is 13.5 Å². The van der Waals surface area contributed by atoms with E-state index < -0.39 is 0 Å². The summed E-state index contributed by atoms with van der Waals surface area (Å²) in [5.41, 5.74) is 1.21. The van der Waals surface area contributed by atoms with E-state index in [1.165, 1.54) is 5.56 Å². The summed E-state index contributed by atoms with van der Waals surface area (Å²) in [6, 6.07) is 7.93. The number of carbonyl (C=O) groups excluding carboxylic acids is 1. The highest BCUT2D eigenvalue weighted by molar-refractivity contribution is 5.85. The molecule has 0 fully saturated rings. The van der Waals surface area contributed by atoms with Crippen molar-refractivity contribution in [2.24, 2.45) is 0 Å². The number of nitrogens with zero attached hydrogens (tertiary/aromatic N) is 1. The van der Waals surface area contributed by atoms with Crippen molar-refractivity contribution < 1.29 is 9.53 Å². The fourth-order valence-corrected chi connectivity index (χ4v) is 1.67. The zero-order valence-corrected chi connectivity index (χ0v) is 13.3. The summed E-state index contributed by atoms with van der Waals surface area (Å²) in [6.45, 7) is 4.06. The molecule has 5 heteroatoms. The van der Waals surface area contributed by atoms with E-state index in [0.29, 0.717) is 19.6 Å². The number of halogens is 1. The molecule has 0 unspecified atom stereocenters. The van der Waals surface area contributed by atoms with Crippen LogP contribution in [0.2, 0.25) is 0 Å². The second-order valence-electron chi connectivity index (χ2n) is 4.68. The van der Waals surface area contributed by atoms with Crippen LogP contribution < -0.4 is 10.1 Å². The van der Waals surface area contributed by atoms with Gasteiger partial charge in [0.15, 0.2) is 0 Å². The van der Waals surface area contributed by atoms with Crippen LogP contribution >= 0.6 is 12.4 Å². The van der Waals surface area contributed by atoms with Crippen LogP contribution in [0.3, 0.4) is 0 Å². The molecule has 1 aromatic carbocycles. The van der Waals surface area contributed by atoms with E-state index in [2.05, 4.69) is 5.32 Å². The summed E-state index contributed by atoms with van der Waals surface area (Å²) >= 11 is 0. The molecule has 114 valence electrons. The summed E-state index contributed by atoms with van der Waals surface area (Å²) in [5.74, 6) is 1.02. The minimum Gasteiger partial charge on any atom is -0.492 e. The Hall–Kier alpha value is -1.26. The molecule has 20 heavy (non-hydrogen) atoms. The maximum Gasteiger partial charge on any atom is 0.222 e. The lowest BCUT2D eigenvalue weighted by atomic mass is 10.2. The summed E-state index contributed by atoms with van der Waals surface area (Å²) < 4.78 is 5.60. The average molecular weight is 301 g/mol. The van der Waals surface area contributed by atoms with Gasteiger partial charge in [-0.15, -0.1) is 12.4 Å². The minimum absolute atomic E-state index is 0. The lowest BCUT2D eigenvalue weighted by Gasteiger charge is -2.17. The van der Waals surface area contributed by atoms with Crippen molar-refractivity contribution in [2.45, 2.75) is 19.8 Å². The van der Waals surface area contributed by atoms with Crippen molar-refractivity contribution in [1.29, 1.82) is 0 Å². The SMILES string of the molecule is CNCCCC(=O)N(C)CCOc1ccc(C)cc1.Cl. The van der Waals surface area contributed by atoms with Crippen LogP contribution in [-0.2, 0) is 4.79 Å². The Kier molecular flexibility index (Phi) is 9.86. The van der Waals surface area contributed by atoms with Gasteiger partial charge in [0.25, 0.3) is 0 Å². The van der Waals surface area contributed by atoms with Crippen LogP contribution in [0.4, 0.5) is 0 Å². The average Bonchev–Trinajstić information content (AvgIpc) is 2.41. The van der Waals surface area contributed by atoms with E-state index >= 15 is 0 Å². The maximum absolute atomic E-state index is 11.7. The Morgan fingerprint density at radius 1 is 1.30 bits per heavy atom. The molecule has 4 nitrogen and oxygen atoms in total. The minimum atomic E-state index is 0. The van der Waals surface area contributed by atoms with Crippen LogP contribution in [0.15, 0.2) is 24.3 Å². The Bertz CT molecular complexity index is 382. The van der Waals surface area contributed by atoms with Crippen molar-refractivity contribution in [3.05, 3.63) is 29.8 Å². The lowest BCUT2D eigenvalue weighted by Crippen LogP contribution is -2.31. The van der Waals surface area contributed by atoms with Crippen LogP contribution in [-0.4, -0.2) is 44.6 Å². The standard InChI is InChI=1S/C15H24N2O2.ClH/c1-13-6-8-14(9-7-13)19-12-11-17(3)15(18)5-4-10-16-2;/h6-9,16H,4-5,10-12H2,1-3H3;1H. The molecule has 0 bridgehead atoms. The molecule has 0 aliphatic carbocycles. The largest absolute Gasteiger partial charge is 0.492 e. The highest BCUT2D eigenvalue weighted by Crippen LogP contribution is 2.11. The van der Waals surface area contributed by atoms with Crippen LogP contribution in [0, 0.1) is 6.92 Å².